The summed E-state index contributed by atoms with van der Waals surface area (Å²) in [6.07, 6.45) is 1.64. The molecule has 0 radical (unpaired) electrons. The molecule has 140 valence electrons. The van der Waals surface area contributed by atoms with Gasteiger partial charge in [0.2, 0.25) is 5.91 Å². The number of aryl methyl sites for hydroxylation is 1. The third-order valence-corrected chi connectivity index (χ3v) is 5.46. The quantitative estimate of drug-likeness (QED) is 0.828. The average Bonchev–Trinajstić information content (AvgIpc) is 3.29. The first kappa shape index (κ1) is 17.3. The van der Waals surface area contributed by atoms with Crippen LogP contribution in [0.4, 0.5) is 0 Å². The number of carbonyl (C=O) groups is 1. The number of hydrogen-bond donors (Lipinski definition) is 0. The first-order chi connectivity index (χ1) is 12.7. The summed E-state index contributed by atoms with van der Waals surface area (Å²) >= 11 is 0. The van der Waals surface area contributed by atoms with E-state index < -0.39 is 0 Å². The third-order valence-electron chi connectivity index (χ3n) is 5.46. The highest BCUT2D eigenvalue weighted by molar-refractivity contribution is 5.81. The van der Waals surface area contributed by atoms with Gasteiger partial charge in [0, 0.05) is 25.6 Å². The SMILES string of the molecule is CCn1c(=O)n(CC(=O)N2CCC(C3OCCO3)CC2)c2ccccc21. The van der Waals surface area contributed by atoms with E-state index in [0.717, 1.165) is 23.9 Å². The second kappa shape index (κ2) is 7.25. The number of imidazole rings is 1. The predicted molar refractivity (Wildman–Crippen MR) is 96.9 cm³/mol. The zero-order valence-corrected chi connectivity index (χ0v) is 15.1. The van der Waals surface area contributed by atoms with Gasteiger partial charge in [0.15, 0.2) is 6.29 Å². The molecule has 0 spiro atoms. The van der Waals surface area contributed by atoms with Crippen molar-refractivity contribution in [2.75, 3.05) is 26.3 Å². The molecule has 3 heterocycles. The van der Waals surface area contributed by atoms with Crippen molar-refractivity contribution in [1.29, 1.82) is 0 Å². The molecule has 7 heteroatoms. The maximum atomic E-state index is 12.8. The zero-order chi connectivity index (χ0) is 18.1. The molecule has 26 heavy (non-hydrogen) atoms. The van der Waals surface area contributed by atoms with Crippen LogP contribution < -0.4 is 5.69 Å². The summed E-state index contributed by atoms with van der Waals surface area (Å²) in [6.45, 7) is 5.32. The highest BCUT2D eigenvalue weighted by Gasteiger charge is 2.32. The Labute approximate surface area is 152 Å². The smallest absolute Gasteiger partial charge is 0.329 e. The van der Waals surface area contributed by atoms with Crippen molar-refractivity contribution in [3.05, 3.63) is 34.7 Å². The molecule has 0 N–H and O–H groups in total. The number of nitrogens with zero attached hydrogens (tertiary/aromatic N) is 3. The summed E-state index contributed by atoms with van der Waals surface area (Å²) in [5, 5.41) is 0. The number of fused-ring (bicyclic) bond motifs is 1. The molecule has 1 aromatic carbocycles. The van der Waals surface area contributed by atoms with Gasteiger partial charge < -0.3 is 14.4 Å². The fourth-order valence-corrected chi connectivity index (χ4v) is 4.04. The van der Waals surface area contributed by atoms with Gasteiger partial charge in [-0.15, -0.1) is 0 Å². The second-order valence-electron chi connectivity index (χ2n) is 6.93. The van der Waals surface area contributed by atoms with Crippen LogP contribution in [0.3, 0.4) is 0 Å². The average molecular weight is 359 g/mol. The molecule has 2 fully saturated rings. The van der Waals surface area contributed by atoms with Crippen LogP contribution in [0.2, 0.25) is 0 Å². The van der Waals surface area contributed by atoms with Crippen LogP contribution in [0.5, 0.6) is 0 Å². The molecule has 0 bridgehead atoms. The molecule has 2 saturated heterocycles. The van der Waals surface area contributed by atoms with Crippen molar-refractivity contribution in [2.24, 2.45) is 5.92 Å². The molecular weight excluding hydrogens is 334 g/mol. The summed E-state index contributed by atoms with van der Waals surface area (Å²) in [5.41, 5.74) is 1.57. The topological polar surface area (TPSA) is 65.7 Å². The first-order valence-corrected chi connectivity index (χ1v) is 9.38. The molecule has 1 amide bonds. The van der Waals surface area contributed by atoms with Gasteiger partial charge in [-0.1, -0.05) is 12.1 Å². The van der Waals surface area contributed by atoms with E-state index in [2.05, 4.69) is 0 Å². The number of benzene rings is 1. The standard InChI is InChI=1S/C19H25N3O4/c1-2-21-15-5-3-4-6-16(15)22(19(21)24)13-17(23)20-9-7-14(8-10-20)18-25-11-12-26-18/h3-6,14,18H,2,7-13H2,1H3. The lowest BCUT2D eigenvalue weighted by Gasteiger charge is -2.33. The fourth-order valence-electron chi connectivity index (χ4n) is 4.04. The second-order valence-corrected chi connectivity index (χ2v) is 6.93. The van der Waals surface area contributed by atoms with Gasteiger partial charge in [-0.25, -0.2) is 4.79 Å². The molecular formula is C19H25N3O4. The lowest BCUT2D eigenvalue weighted by atomic mass is 9.96. The summed E-state index contributed by atoms with van der Waals surface area (Å²) in [7, 11) is 0. The lowest BCUT2D eigenvalue weighted by molar-refractivity contribution is -0.137. The Kier molecular flexibility index (Phi) is 4.82. The lowest BCUT2D eigenvalue weighted by Crippen LogP contribution is -2.43. The van der Waals surface area contributed by atoms with Gasteiger partial charge in [-0.3, -0.25) is 13.9 Å². The van der Waals surface area contributed by atoms with Gasteiger partial charge in [0.25, 0.3) is 0 Å². The number of aromatic nitrogens is 2. The maximum Gasteiger partial charge on any atom is 0.329 e. The maximum absolute atomic E-state index is 12.8. The van der Waals surface area contributed by atoms with Crippen LogP contribution in [-0.2, 0) is 27.4 Å². The van der Waals surface area contributed by atoms with Crippen LogP contribution in [-0.4, -0.2) is 52.5 Å². The van der Waals surface area contributed by atoms with Crippen LogP contribution in [0.15, 0.2) is 29.1 Å². The number of para-hydroxylation sites is 2. The number of piperidine rings is 1. The fraction of sp³-hybridized carbons (Fsp3) is 0.579. The molecule has 2 aliphatic rings. The first-order valence-electron chi connectivity index (χ1n) is 9.38. The molecule has 0 aliphatic carbocycles. The van der Waals surface area contributed by atoms with Gasteiger partial charge in [-0.05, 0) is 31.9 Å². The van der Waals surface area contributed by atoms with E-state index in [1.165, 1.54) is 0 Å². The monoisotopic (exact) mass is 359 g/mol. The molecule has 4 rings (SSSR count). The minimum atomic E-state index is -0.121. The van der Waals surface area contributed by atoms with E-state index >= 15 is 0 Å². The molecule has 1 aromatic heterocycles. The van der Waals surface area contributed by atoms with Crippen molar-refractivity contribution in [3.8, 4) is 0 Å². The van der Waals surface area contributed by atoms with Crippen molar-refractivity contribution >= 4 is 16.9 Å². The number of amides is 1. The molecule has 0 atom stereocenters. The molecule has 0 unspecified atom stereocenters. The zero-order valence-electron chi connectivity index (χ0n) is 15.1. The predicted octanol–water partition coefficient (Wildman–Crippen LogP) is 1.43. The number of hydrogen-bond acceptors (Lipinski definition) is 4. The largest absolute Gasteiger partial charge is 0.350 e. The van der Waals surface area contributed by atoms with Crippen LogP contribution >= 0.6 is 0 Å². The highest BCUT2D eigenvalue weighted by Crippen LogP contribution is 2.26. The van der Waals surface area contributed by atoms with Gasteiger partial charge >= 0.3 is 5.69 Å². The number of carbonyl (C=O) groups excluding carboxylic acids is 1. The van der Waals surface area contributed by atoms with Gasteiger partial charge in [-0.2, -0.15) is 0 Å². The normalized spacial score (nSPS) is 19.5. The number of rotatable bonds is 4. The Hall–Kier alpha value is -2.12. The summed E-state index contributed by atoms with van der Waals surface area (Å²) < 4.78 is 14.5. The van der Waals surface area contributed by atoms with Crippen LogP contribution in [0.25, 0.3) is 11.0 Å². The minimum Gasteiger partial charge on any atom is -0.350 e. The van der Waals surface area contributed by atoms with E-state index in [-0.39, 0.29) is 24.4 Å². The molecule has 2 aromatic rings. The molecule has 0 saturated carbocycles. The van der Waals surface area contributed by atoms with Crippen LogP contribution in [0, 0.1) is 5.92 Å². The summed E-state index contributed by atoms with van der Waals surface area (Å²) in [5.74, 6) is 0.351. The Morgan fingerprint density at radius 3 is 2.31 bits per heavy atom. The summed E-state index contributed by atoms with van der Waals surface area (Å²) in [4.78, 5) is 27.3. The highest BCUT2D eigenvalue weighted by atomic mass is 16.7. The summed E-state index contributed by atoms with van der Waals surface area (Å²) in [6, 6.07) is 7.64. The molecule has 2 aliphatic heterocycles. The van der Waals surface area contributed by atoms with Crippen molar-refractivity contribution in [2.45, 2.75) is 39.1 Å². The van der Waals surface area contributed by atoms with E-state index in [1.54, 1.807) is 9.13 Å². The van der Waals surface area contributed by atoms with Crippen molar-refractivity contribution in [3.63, 3.8) is 0 Å². The Morgan fingerprint density at radius 1 is 1.08 bits per heavy atom. The van der Waals surface area contributed by atoms with Gasteiger partial charge in [0.1, 0.15) is 6.54 Å². The van der Waals surface area contributed by atoms with E-state index in [0.29, 0.717) is 38.8 Å². The van der Waals surface area contributed by atoms with E-state index in [4.69, 9.17) is 9.47 Å². The molecule has 7 nitrogen and oxygen atoms in total. The number of likely N-dealkylation sites (tertiary alicyclic amines) is 1. The Balaban J connectivity index is 1.47. The Bertz CT molecular complexity index is 842. The third kappa shape index (κ3) is 3.05. The minimum absolute atomic E-state index is 0.00202. The van der Waals surface area contributed by atoms with Gasteiger partial charge in [0.05, 0.1) is 24.2 Å². The Morgan fingerprint density at radius 2 is 1.69 bits per heavy atom. The van der Waals surface area contributed by atoms with Crippen molar-refractivity contribution in [1.82, 2.24) is 14.0 Å². The van der Waals surface area contributed by atoms with E-state index in [9.17, 15) is 9.59 Å². The van der Waals surface area contributed by atoms with Crippen molar-refractivity contribution < 1.29 is 14.3 Å². The van der Waals surface area contributed by atoms with E-state index in [1.807, 2.05) is 36.1 Å². The van der Waals surface area contributed by atoms with Crippen LogP contribution in [0.1, 0.15) is 19.8 Å². The number of ether oxygens (including phenoxy) is 2.